The maximum absolute atomic E-state index is 11.9. The molecule has 0 aromatic heterocycles. The first-order valence-electron chi connectivity index (χ1n) is 6.38. The van der Waals surface area contributed by atoms with Crippen molar-refractivity contribution in [2.75, 3.05) is 11.4 Å². The highest BCUT2D eigenvalue weighted by Gasteiger charge is 2.19. The molecule has 0 aliphatic rings. The van der Waals surface area contributed by atoms with Crippen LogP contribution < -0.4 is 10.2 Å². The molecule has 4 nitrogen and oxygen atoms in total. The molecule has 0 aliphatic carbocycles. The molecular formula is C14H18Cl2N2O2. The number of hydrogen-bond acceptors (Lipinski definition) is 2. The van der Waals surface area contributed by atoms with Crippen molar-refractivity contribution in [2.45, 2.75) is 33.2 Å². The molecule has 0 spiro atoms. The van der Waals surface area contributed by atoms with E-state index in [2.05, 4.69) is 5.32 Å². The monoisotopic (exact) mass is 316 g/mol. The predicted octanol–water partition coefficient (Wildman–Crippen LogP) is 3.26. The van der Waals surface area contributed by atoms with Crippen LogP contribution in [0.2, 0.25) is 10.0 Å². The zero-order valence-electron chi connectivity index (χ0n) is 11.7. The van der Waals surface area contributed by atoms with E-state index in [0.29, 0.717) is 10.7 Å². The van der Waals surface area contributed by atoms with Gasteiger partial charge in [0.15, 0.2) is 0 Å². The van der Waals surface area contributed by atoms with Crippen LogP contribution in [0.5, 0.6) is 0 Å². The van der Waals surface area contributed by atoms with Crippen LogP contribution in [0.25, 0.3) is 0 Å². The lowest BCUT2D eigenvalue weighted by molar-refractivity contribution is -0.123. The van der Waals surface area contributed by atoms with Crippen molar-refractivity contribution in [3.8, 4) is 0 Å². The van der Waals surface area contributed by atoms with E-state index in [1.165, 1.54) is 11.8 Å². The van der Waals surface area contributed by atoms with E-state index in [1.807, 2.05) is 13.8 Å². The third-order valence-electron chi connectivity index (χ3n) is 2.92. The standard InChI is InChI=1S/C14H18Cl2N2O2/c1-4-9(2)17-13(20)8-18(10(3)19)12-7-5-6-11(15)14(12)16/h5-7,9H,4,8H2,1-3H3,(H,17,20). The Labute approximate surface area is 129 Å². The number of halogens is 2. The highest BCUT2D eigenvalue weighted by atomic mass is 35.5. The normalized spacial score (nSPS) is 11.8. The van der Waals surface area contributed by atoms with Crippen LogP contribution in [0.15, 0.2) is 18.2 Å². The summed E-state index contributed by atoms with van der Waals surface area (Å²) >= 11 is 12.0. The molecular weight excluding hydrogens is 299 g/mol. The molecule has 0 radical (unpaired) electrons. The maximum atomic E-state index is 11.9. The Morgan fingerprint density at radius 3 is 2.55 bits per heavy atom. The lowest BCUT2D eigenvalue weighted by Gasteiger charge is -2.23. The maximum Gasteiger partial charge on any atom is 0.240 e. The van der Waals surface area contributed by atoms with Crippen LogP contribution >= 0.6 is 23.2 Å². The Kier molecular flexibility index (Phi) is 6.30. The summed E-state index contributed by atoms with van der Waals surface area (Å²) in [5.74, 6) is -0.501. The van der Waals surface area contributed by atoms with Crippen molar-refractivity contribution in [1.29, 1.82) is 0 Å². The van der Waals surface area contributed by atoms with Gasteiger partial charge in [0.2, 0.25) is 11.8 Å². The van der Waals surface area contributed by atoms with Gasteiger partial charge in [0.25, 0.3) is 0 Å². The molecule has 0 saturated carbocycles. The minimum atomic E-state index is -0.270. The quantitative estimate of drug-likeness (QED) is 0.906. The fraction of sp³-hybridized carbons (Fsp3) is 0.429. The highest BCUT2D eigenvalue weighted by Crippen LogP contribution is 2.32. The second kappa shape index (κ2) is 7.50. The second-order valence-corrected chi connectivity index (χ2v) is 5.34. The van der Waals surface area contributed by atoms with E-state index in [9.17, 15) is 9.59 Å². The van der Waals surface area contributed by atoms with Crippen LogP contribution in [-0.4, -0.2) is 24.4 Å². The minimum absolute atomic E-state index is 0.0612. The summed E-state index contributed by atoms with van der Waals surface area (Å²) in [6.45, 7) is 5.18. The van der Waals surface area contributed by atoms with Gasteiger partial charge in [0.05, 0.1) is 15.7 Å². The van der Waals surface area contributed by atoms with Gasteiger partial charge >= 0.3 is 0 Å². The Balaban J connectivity index is 2.93. The smallest absolute Gasteiger partial charge is 0.240 e. The first kappa shape index (κ1) is 16.8. The fourth-order valence-electron chi connectivity index (χ4n) is 1.63. The van der Waals surface area contributed by atoms with Gasteiger partial charge in [-0.05, 0) is 25.5 Å². The molecule has 1 atom stereocenters. The lowest BCUT2D eigenvalue weighted by Crippen LogP contribution is -2.42. The second-order valence-electron chi connectivity index (χ2n) is 4.55. The van der Waals surface area contributed by atoms with E-state index in [-0.39, 0.29) is 29.4 Å². The summed E-state index contributed by atoms with van der Waals surface area (Å²) in [6, 6.07) is 5.04. The molecule has 1 N–H and O–H groups in total. The van der Waals surface area contributed by atoms with Gasteiger partial charge in [-0.25, -0.2) is 0 Å². The van der Waals surface area contributed by atoms with E-state index in [4.69, 9.17) is 23.2 Å². The van der Waals surface area contributed by atoms with Gasteiger partial charge in [0, 0.05) is 13.0 Å². The molecule has 1 unspecified atom stereocenters. The van der Waals surface area contributed by atoms with Gasteiger partial charge in [-0.15, -0.1) is 0 Å². The Bertz CT molecular complexity index is 506. The van der Waals surface area contributed by atoms with E-state index >= 15 is 0 Å². The SMILES string of the molecule is CCC(C)NC(=O)CN(C(C)=O)c1cccc(Cl)c1Cl. The van der Waals surface area contributed by atoms with E-state index in [0.717, 1.165) is 6.42 Å². The van der Waals surface area contributed by atoms with E-state index in [1.54, 1.807) is 18.2 Å². The largest absolute Gasteiger partial charge is 0.352 e. The number of anilines is 1. The molecule has 6 heteroatoms. The fourth-order valence-corrected chi connectivity index (χ4v) is 2.03. The number of nitrogens with zero attached hydrogens (tertiary/aromatic N) is 1. The molecule has 110 valence electrons. The highest BCUT2D eigenvalue weighted by molar-refractivity contribution is 6.44. The van der Waals surface area contributed by atoms with Crippen LogP contribution in [0.3, 0.4) is 0 Å². The molecule has 1 aromatic carbocycles. The first-order chi connectivity index (χ1) is 9.36. The number of nitrogens with one attached hydrogen (secondary N) is 1. The molecule has 2 amide bonds. The van der Waals surface area contributed by atoms with Crippen molar-refractivity contribution >= 4 is 40.7 Å². The minimum Gasteiger partial charge on any atom is -0.352 e. The van der Waals surface area contributed by atoms with Crippen LogP contribution in [-0.2, 0) is 9.59 Å². The van der Waals surface area contributed by atoms with Crippen molar-refractivity contribution in [1.82, 2.24) is 5.32 Å². The third kappa shape index (κ3) is 4.39. The van der Waals surface area contributed by atoms with Crippen LogP contribution in [0.4, 0.5) is 5.69 Å². The van der Waals surface area contributed by atoms with Gasteiger partial charge in [0.1, 0.15) is 6.54 Å². The van der Waals surface area contributed by atoms with Gasteiger partial charge in [-0.2, -0.15) is 0 Å². The zero-order valence-corrected chi connectivity index (χ0v) is 13.3. The van der Waals surface area contributed by atoms with Crippen molar-refractivity contribution in [3.05, 3.63) is 28.2 Å². The third-order valence-corrected chi connectivity index (χ3v) is 3.73. The molecule has 0 aliphatic heterocycles. The number of rotatable bonds is 5. The first-order valence-corrected chi connectivity index (χ1v) is 7.13. The number of hydrogen-bond donors (Lipinski definition) is 1. The average molecular weight is 317 g/mol. The van der Waals surface area contributed by atoms with Crippen molar-refractivity contribution in [3.63, 3.8) is 0 Å². The number of amides is 2. The molecule has 20 heavy (non-hydrogen) atoms. The summed E-state index contributed by atoms with van der Waals surface area (Å²) in [4.78, 5) is 25.0. The average Bonchev–Trinajstić information content (AvgIpc) is 2.39. The summed E-state index contributed by atoms with van der Waals surface area (Å²) in [7, 11) is 0. The Morgan fingerprint density at radius 2 is 2.00 bits per heavy atom. The number of carbonyl (C=O) groups is 2. The van der Waals surface area contributed by atoms with Crippen molar-refractivity contribution in [2.24, 2.45) is 0 Å². The molecule has 0 saturated heterocycles. The molecule has 1 aromatic rings. The summed E-state index contributed by atoms with van der Waals surface area (Å²) in [6.07, 6.45) is 0.823. The van der Waals surface area contributed by atoms with Crippen LogP contribution in [0, 0.1) is 0 Å². The molecule has 0 bridgehead atoms. The summed E-state index contributed by atoms with van der Waals surface area (Å²) in [5.41, 5.74) is 0.436. The Hall–Kier alpha value is -1.26. The van der Waals surface area contributed by atoms with Crippen LogP contribution in [0.1, 0.15) is 27.2 Å². The topological polar surface area (TPSA) is 49.4 Å². The molecule has 1 rings (SSSR count). The summed E-state index contributed by atoms with van der Waals surface area (Å²) in [5, 5.41) is 3.42. The molecule has 0 fully saturated rings. The number of benzene rings is 1. The lowest BCUT2D eigenvalue weighted by atomic mass is 10.2. The molecule has 0 heterocycles. The van der Waals surface area contributed by atoms with Gasteiger partial charge in [-0.1, -0.05) is 36.2 Å². The predicted molar refractivity (Wildman–Crippen MR) is 82.4 cm³/mol. The van der Waals surface area contributed by atoms with Crippen molar-refractivity contribution < 1.29 is 9.59 Å². The van der Waals surface area contributed by atoms with Gasteiger partial charge < -0.3 is 10.2 Å². The number of carbonyl (C=O) groups excluding carboxylic acids is 2. The summed E-state index contributed by atoms with van der Waals surface area (Å²) < 4.78 is 0. The Morgan fingerprint density at radius 1 is 1.35 bits per heavy atom. The van der Waals surface area contributed by atoms with Gasteiger partial charge in [-0.3, -0.25) is 9.59 Å². The zero-order chi connectivity index (χ0) is 15.3. The van der Waals surface area contributed by atoms with E-state index < -0.39 is 0 Å².